The van der Waals surface area contributed by atoms with Crippen LogP contribution in [-0.4, -0.2) is 33.2 Å². The predicted molar refractivity (Wildman–Crippen MR) is 90.6 cm³/mol. The Morgan fingerprint density at radius 3 is 2.30 bits per heavy atom. The Bertz CT molecular complexity index is 700. The largest absolute Gasteiger partial charge is 0.395 e. The number of nitrogens with one attached hydrogen (secondary N) is 2. The first-order valence-electron chi connectivity index (χ1n) is 7.48. The molecule has 0 aromatic heterocycles. The summed E-state index contributed by atoms with van der Waals surface area (Å²) in [6.07, 6.45) is 0. The van der Waals surface area contributed by atoms with Crippen molar-refractivity contribution in [3.8, 4) is 0 Å². The van der Waals surface area contributed by atoms with Crippen molar-refractivity contribution in [2.75, 3.05) is 19.7 Å². The van der Waals surface area contributed by atoms with E-state index >= 15 is 0 Å². The van der Waals surface area contributed by atoms with Crippen LogP contribution in [0, 0.1) is 6.92 Å². The highest BCUT2D eigenvalue weighted by Gasteiger charge is 2.21. The quantitative estimate of drug-likeness (QED) is 0.641. The molecule has 124 valence electrons. The molecule has 0 spiro atoms. The summed E-state index contributed by atoms with van der Waals surface area (Å²) in [4.78, 5) is 0.242. The molecule has 3 N–H and O–H groups in total. The normalized spacial score (nSPS) is 13.0. The molecule has 1 unspecified atom stereocenters. The minimum Gasteiger partial charge on any atom is -0.395 e. The second kappa shape index (κ2) is 8.21. The van der Waals surface area contributed by atoms with E-state index in [4.69, 9.17) is 5.11 Å². The molecule has 0 aliphatic rings. The highest BCUT2D eigenvalue weighted by atomic mass is 32.2. The molecule has 5 nitrogen and oxygen atoms in total. The summed E-state index contributed by atoms with van der Waals surface area (Å²) in [5, 5.41) is 11.9. The summed E-state index contributed by atoms with van der Waals surface area (Å²) >= 11 is 0. The fraction of sp³-hybridized carbons (Fsp3) is 0.294. The predicted octanol–water partition coefficient (Wildman–Crippen LogP) is 1.60. The van der Waals surface area contributed by atoms with Gasteiger partial charge in [0.2, 0.25) is 10.0 Å². The molecule has 0 radical (unpaired) electrons. The van der Waals surface area contributed by atoms with Gasteiger partial charge in [-0.3, -0.25) is 0 Å². The molecule has 0 fully saturated rings. The molecule has 2 rings (SSSR count). The van der Waals surface area contributed by atoms with E-state index in [-0.39, 0.29) is 11.5 Å². The summed E-state index contributed by atoms with van der Waals surface area (Å²) in [6, 6.07) is 15.7. The van der Waals surface area contributed by atoms with Crippen molar-refractivity contribution in [2.24, 2.45) is 0 Å². The van der Waals surface area contributed by atoms with Crippen LogP contribution >= 0.6 is 0 Å². The first-order chi connectivity index (χ1) is 11.0. The minimum absolute atomic E-state index is 0.00617. The van der Waals surface area contributed by atoms with Gasteiger partial charge in [-0.25, -0.2) is 13.1 Å². The maximum Gasteiger partial charge on any atom is 0.241 e. The lowest BCUT2D eigenvalue weighted by Gasteiger charge is -2.20. The fourth-order valence-corrected chi connectivity index (χ4v) is 3.44. The van der Waals surface area contributed by atoms with Crippen LogP contribution < -0.4 is 10.0 Å². The lowest BCUT2D eigenvalue weighted by Crippen LogP contribution is -2.36. The molecule has 0 saturated heterocycles. The Labute approximate surface area is 137 Å². The third kappa shape index (κ3) is 5.14. The number of hydrogen-bond acceptors (Lipinski definition) is 4. The second-order valence-electron chi connectivity index (χ2n) is 5.33. The zero-order valence-electron chi connectivity index (χ0n) is 13.1. The van der Waals surface area contributed by atoms with Crippen LogP contribution in [0.2, 0.25) is 0 Å². The fourth-order valence-electron chi connectivity index (χ4n) is 2.21. The van der Waals surface area contributed by atoms with Crippen molar-refractivity contribution in [2.45, 2.75) is 17.9 Å². The zero-order chi connectivity index (χ0) is 16.7. The van der Waals surface area contributed by atoms with Gasteiger partial charge in [0.1, 0.15) is 0 Å². The summed E-state index contributed by atoms with van der Waals surface area (Å²) in [6.45, 7) is 2.73. The van der Waals surface area contributed by atoms with Crippen molar-refractivity contribution in [1.82, 2.24) is 10.0 Å². The highest BCUT2D eigenvalue weighted by molar-refractivity contribution is 7.89. The minimum atomic E-state index is -3.61. The number of rotatable bonds is 8. The lowest BCUT2D eigenvalue weighted by atomic mass is 10.1. The number of hydrogen-bond donors (Lipinski definition) is 3. The molecule has 23 heavy (non-hydrogen) atoms. The summed E-state index contributed by atoms with van der Waals surface area (Å²) in [5.74, 6) is 0. The van der Waals surface area contributed by atoms with Gasteiger partial charge in [0.05, 0.1) is 17.5 Å². The average Bonchev–Trinajstić information content (AvgIpc) is 2.55. The molecule has 0 amide bonds. The van der Waals surface area contributed by atoms with Crippen molar-refractivity contribution in [3.05, 3.63) is 65.7 Å². The first-order valence-corrected chi connectivity index (χ1v) is 8.97. The smallest absolute Gasteiger partial charge is 0.241 e. The molecule has 0 bridgehead atoms. The van der Waals surface area contributed by atoms with Crippen LogP contribution in [0.15, 0.2) is 59.5 Å². The molecule has 0 aliphatic carbocycles. The molecule has 2 aromatic carbocycles. The number of aliphatic hydroxyl groups excluding tert-OH is 1. The van der Waals surface area contributed by atoms with Crippen LogP contribution in [0.1, 0.15) is 17.2 Å². The number of benzene rings is 2. The van der Waals surface area contributed by atoms with E-state index in [1.165, 1.54) is 0 Å². The zero-order valence-corrected chi connectivity index (χ0v) is 13.9. The third-order valence-corrected chi connectivity index (χ3v) is 4.96. The standard InChI is InChI=1S/C17H22N2O3S/c1-14-7-9-16(10-8-14)23(21,22)19-17(13-18-11-12-20)15-5-3-2-4-6-15/h2-10,17-20H,11-13H2,1H3. The van der Waals surface area contributed by atoms with Gasteiger partial charge < -0.3 is 10.4 Å². The van der Waals surface area contributed by atoms with E-state index in [2.05, 4.69) is 10.0 Å². The number of aryl methyl sites for hydroxylation is 1. The lowest BCUT2D eigenvalue weighted by molar-refractivity contribution is 0.290. The molecule has 0 aliphatic heterocycles. The van der Waals surface area contributed by atoms with Crippen molar-refractivity contribution >= 4 is 10.0 Å². The van der Waals surface area contributed by atoms with Crippen molar-refractivity contribution < 1.29 is 13.5 Å². The topological polar surface area (TPSA) is 78.4 Å². The van der Waals surface area contributed by atoms with E-state index in [9.17, 15) is 8.42 Å². The van der Waals surface area contributed by atoms with Gasteiger partial charge in [-0.05, 0) is 24.6 Å². The van der Waals surface area contributed by atoms with Crippen LogP contribution in [0.5, 0.6) is 0 Å². The SMILES string of the molecule is Cc1ccc(S(=O)(=O)NC(CNCCO)c2ccccc2)cc1. The van der Waals surface area contributed by atoms with E-state index < -0.39 is 16.1 Å². The molecule has 0 saturated carbocycles. The van der Waals surface area contributed by atoms with Gasteiger partial charge in [-0.15, -0.1) is 0 Å². The Balaban J connectivity index is 2.20. The Hall–Kier alpha value is -1.73. The maximum absolute atomic E-state index is 12.6. The monoisotopic (exact) mass is 334 g/mol. The van der Waals surface area contributed by atoms with Crippen molar-refractivity contribution in [3.63, 3.8) is 0 Å². The second-order valence-corrected chi connectivity index (χ2v) is 7.04. The average molecular weight is 334 g/mol. The number of sulfonamides is 1. The van der Waals surface area contributed by atoms with Gasteiger partial charge in [0, 0.05) is 13.1 Å². The van der Waals surface area contributed by atoms with Crippen LogP contribution in [0.4, 0.5) is 0 Å². The van der Waals surface area contributed by atoms with Crippen molar-refractivity contribution in [1.29, 1.82) is 0 Å². The van der Waals surface area contributed by atoms with Gasteiger partial charge in [0.15, 0.2) is 0 Å². The molecule has 0 heterocycles. The first kappa shape index (κ1) is 17.6. The van der Waals surface area contributed by atoms with Gasteiger partial charge in [-0.1, -0.05) is 48.0 Å². The van der Waals surface area contributed by atoms with Crippen LogP contribution in [0.3, 0.4) is 0 Å². The van der Waals surface area contributed by atoms with Gasteiger partial charge >= 0.3 is 0 Å². The Morgan fingerprint density at radius 2 is 1.70 bits per heavy atom. The summed E-state index contributed by atoms with van der Waals surface area (Å²) < 4.78 is 27.9. The molecule has 6 heteroatoms. The van der Waals surface area contributed by atoms with Gasteiger partial charge in [0.25, 0.3) is 0 Å². The maximum atomic E-state index is 12.6. The van der Waals surface area contributed by atoms with Crippen LogP contribution in [0.25, 0.3) is 0 Å². The van der Waals surface area contributed by atoms with Gasteiger partial charge in [-0.2, -0.15) is 0 Å². The molecule has 2 aromatic rings. The summed E-state index contributed by atoms with van der Waals surface area (Å²) in [7, 11) is -3.61. The number of aliphatic hydroxyl groups is 1. The molecular weight excluding hydrogens is 312 g/mol. The Kier molecular flexibility index (Phi) is 6.29. The highest BCUT2D eigenvalue weighted by Crippen LogP contribution is 2.17. The van der Waals surface area contributed by atoms with E-state index in [0.29, 0.717) is 13.1 Å². The van der Waals surface area contributed by atoms with E-state index in [1.54, 1.807) is 24.3 Å². The van der Waals surface area contributed by atoms with Crippen LogP contribution in [-0.2, 0) is 10.0 Å². The van der Waals surface area contributed by atoms with E-state index in [0.717, 1.165) is 11.1 Å². The third-order valence-electron chi connectivity index (χ3n) is 3.47. The van der Waals surface area contributed by atoms with E-state index in [1.807, 2.05) is 37.3 Å². The summed E-state index contributed by atoms with van der Waals surface area (Å²) in [5.41, 5.74) is 1.88. The Morgan fingerprint density at radius 1 is 1.04 bits per heavy atom. The molecular formula is C17H22N2O3S. The molecule has 1 atom stereocenters.